The summed E-state index contributed by atoms with van der Waals surface area (Å²) in [5.41, 5.74) is 1.82. The van der Waals surface area contributed by atoms with E-state index in [9.17, 15) is 4.79 Å². The molecule has 1 unspecified atom stereocenters. The largest absolute Gasteiger partial charge is 0.374 e. The first-order valence-corrected chi connectivity index (χ1v) is 6.14. The molecule has 1 aliphatic heterocycles. The number of likely N-dealkylation sites (tertiary alicyclic amines) is 1. The smallest absolute Gasteiger partial charge is 0.152 e. The molecule has 0 aliphatic carbocycles. The van der Waals surface area contributed by atoms with Crippen molar-refractivity contribution in [2.45, 2.75) is 6.42 Å². The molecule has 3 nitrogen and oxygen atoms in total. The molecule has 1 aromatic rings. The highest BCUT2D eigenvalue weighted by molar-refractivity contribution is 5.84. The fourth-order valence-corrected chi connectivity index (χ4v) is 2.60. The van der Waals surface area contributed by atoms with Crippen LogP contribution in [0.1, 0.15) is 16.8 Å². The van der Waals surface area contributed by atoms with Crippen LogP contribution in [0.4, 0.5) is 5.69 Å². The number of rotatable bonds is 4. The molecule has 1 atom stereocenters. The van der Waals surface area contributed by atoms with Crippen molar-refractivity contribution in [3.63, 3.8) is 0 Å². The molecule has 17 heavy (non-hydrogen) atoms. The number of nitrogens with zero attached hydrogens (tertiary/aromatic N) is 2. The number of anilines is 1. The van der Waals surface area contributed by atoms with Crippen LogP contribution in [0.3, 0.4) is 0 Å². The topological polar surface area (TPSA) is 23.6 Å². The molecule has 0 saturated carbocycles. The lowest BCUT2D eigenvalue weighted by atomic mass is 10.1. The second-order valence-corrected chi connectivity index (χ2v) is 4.97. The number of carbonyl (C=O) groups is 1. The summed E-state index contributed by atoms with van der Waals surface area (Å²) in [4.78, 5) is 15.6. The maximum atomic E-state index is 11.0. The Kier molecular flexibility index (Phi) is 3.79. The van der Waals surface area contributed by atoms with E-state index in [2.05, 4.69) is 23.9 Å². The molecule has 1 aromatic carbocycles. The average molecular weight is 232 g/mol. The fraction of sp³-hybridized carbons (Fsp3) is 0.500. The van der Waals surface area contributed by atoms with Gasteiger partial charge in [-0.25, -0.2) is 0 Å². The maximum absolute atomic E-state index is 11.0. The summed E-state index contributed by atoms with van der Waals surface area (Å²) in [6, 6.07) is 7.78. The Labute approximate surface area is 103 Å². The molecule has 0 amide bonds. The zero-order chi connectivity index (χ0) is 12.3. The Hall–Kier alpha value is -1.35. The predicted molar refractivity (Wildman–Crippen MR) is 70.7 cm³/mol. The second kappa shape index (κ2) is 5.32. The monoisotopic (exact) mass is 232 g/mol. The lowest BCUT2D eigenvalue weighted by molar-refractivity contribution is 0.112. The van der Waals surface area contributed by atoms with E-state index in [-0.39, 0.29) is 0 Å². The molecule has 0 N–H and O–H groups in total. The quantitative estimate of drug-likeness (QED) is 0.741. The van der Waals surface area contributed by atoms with Crippen LogP contribution in [0.25, 0.3) is 0 Å². The lowest BCUT2D eigenvalue weighted by Crippen LogP contribution is -2.27. The summed E-state index contributed by atoms with van der Waals surface area (Å²) in [7, 11) is 4.24. The Morgan fingerprint density at radius 1 is 1.47 bits per heavy atom. The van der Waals surface area contributed by atoms with Gasteiger partial charge in [0.25, 0.3) is 0 Å². The molecule has 0 spiro atoms. The minimum Gasteiger partial charge on any atom is -0.374 e. The van der Waals surface area contributed by atoms with Gasteiger partial charge in [0.05, 0.1) is 0 Å². The third kappa shape index (κ3) is 2.86. The number of carbonyl (C=O) groups excluding carboxylic acids is 1. The van der Waals surface area contributed by atoms with Gasteiger partial charge in [-0.15, -0.1) is 0 Å². The van der Waals surface area contributed by atoms with Crippen LogP contribution < -0.4 is 4.90 Å². The highest BCUT2D eigenvalue weighted by Crippen LogP contribution is 2.21. The van der Waals surface area contributed by atoms with Gasteiger partial charge in [0, 0.05) is 31.4 Å². The van der Waals surface area contributed by atoms with Crippen molar-refractivity contribution in [1.29, 1.82) is 0 Å². The summed E-state index contributed by atoms with van der Waals surface area (Å²) >= 11 is 0. The third-order valence-corrected chi connectivity index (χ3v) is 3.50. The van der Waals surface area contributed by atoms with Gasteiger partial charge in [0.15, 0.2) is 6.29 Å². The van der Waals surface area contributed by atoms with Crippen molar-refractivity contribution in [1.82, 2.24) is 4.90 Å². The molecule has 1 fully saturated rings. The highest BCUT2D eigenvalue weighted by atomic mass is 16.1. The molecule has 2 rings (SSSR count). The molecule has 0 radical (unpaired) electrons. The van der Waals surface area contributed by atoms with E-state index in [0.29, 0.717) is 5.92 Å². The first-order chi connectivity index (χ1) is 8.20. The van der Waals surface area contributed by atoms with Gasteiger partial charge in [-0.3, -0.25) is 4.79 Å². The van der Waals surface area contributed by atoms with E-state index in [1.165, 1.54) is 13.0 Å². The number of hydrogen-bond donors (Lipinski definition) is 0. The van der Waals surface area contributed by atoms with Gasteiger partial charge < -0.3 is 9.80 Å². The van der Waals surface area contributed by atoms with Crippen LogP contribution in [0.15, 0.2) is 24.3 Å². The van der Waals surface area contributed by atoms with Gasteiger partial charge in [-0.1, -0.05) is 12.1 Å². The van der Waals surface area contributed by atoms with E-state index in [1.807, 2.05) is 24.3 Å². The second-order valence-electron chi connectivity index (χ2n) is 4.97. The van der Waals surface area contributed by atoms with Crippen LogP contribution in [0.5, 0.6) is 0 Å². The normalized spacial score (nSPS) is 20.5. The molecule has 0 bridgehead atoms. The molecule has 0 aromatic heterocycles. The van der Waals surface area contributed by atoms with Crippen LogP contribution in [0.2, 0.25) is 0 Å². The van der Waals surface area contributed by atoms with Gasteiger partial charge in [0.1, 0.15) is 0 Å². The van der Waals surface area contributed by atoms with E-state index in [0.717, 1.165) is 30.6 Å². The lowest BCUT2D eigenvalue weighted by Gasteiger charge is -2.24. The van der Waals surface area contributed by atoms with Crippen LogP contribution in [-0.2, 0) is 0 Å². The fourth-order valence-electron chi connectivity index (χ4n) is 2.60. The molecular formula is C14H20N2O. The Morgan fingerprint density at radius 3 is 2.88 bits per heavy atom. The van der Waals surface area contributed by atoms with Gasteiger partial charge in [-0.05, 0) is 38.1 Å². The Bertz CT molecular complexity index is 392. The maximum Gasteiger partial charge on any atom is 0.152 e. The molecule has 3 heteroatoms. The van der Waals surface area contributed by atoms with Crippen molar-refractivity contribution in [3.8, 4) is 0 Å². The number of benzene rings is 1. The number of para-hydroxylation sites is 1. The molecule has 1 aliphatic rings. The zero-order valence-corrected chi connectivity index (χ0v) is 10.6. The Balaban J connectivity index is 2.04. The van der Waals surface area contributed by atoms with E-state index in [4.69, 9.17) is 0 Å². The minimum atomic E-state index is 0.713. The summed E-state index contributed by atoms with van der Waals surface area (Å²) < 4.78 is 0. The van der Waals surface area contributed by atoms with Crippen molar-refractivity contribution in [2.75, 3.05) is 38.6 Å². The molecule has 1 heterocycles. The molecule has 92 valence electrons. The first kappa shape index (κ1) is 12.1. The number of hydrogen-bond acceptors (Lipinski definition) is 3. The van der Waals surface area contributed by atoms with Crippen LogP contribution in [-0.4, -0.2) is 44.9 Å². The van der Waals surface area contributed by atoms with Gasteiger partial charge in [0.2, 0.25) is 0 Å². The minimum absolute atomic E-state index is 0.713. The van der Waals surface area contributed by atoms with Crippen LogP contribution >= 0.6 is 0 Å². The van der Waals surface area contributed by atoms with E-state index >= 15 is 0 Å². The summed E-state index contributed by atoms with van der Waals surface area (Å²) in [6.07, 6.45) is 2.19. The third-order valence-electron chi connectivity index (χ3n) is 3.50. The summed E-state index contributed by atoms with van der Waals surface area (Å²) in [6.45, 7) is 3.37. The standard InChI is InChI=1S/C14H20N2O/c1-15-8-7-12(9-15)10-16(2)14-6-4-3-5-13(14)11-17/h3-6,11-12H,7-10H2,1-2H3. The van der Waals surface area contributed by atoms with Crippen molar-refractivity contribution in [3.05, 3.63) is 29.8 Å². The highest BCUT2D eigenvalue weighted by Gasteiger charge is 2.21. The zero-order valence-electron chi connectivity index (χ0n) is 10.6. The van der Waals surface area contributed by atoms with E-state index < -0.39 is 0 Å². The molecular weight excluding hydrogens is 212 g/mol. The van der Waals surface area contributed by atoms with Crippen molar-refractivity contribution < 1.29 is 4.79 Å². The van der Waals surface area contributed by atoms with Crippen LogP contribution in [0, 0.1) is 5.92 Å². The van der Waals surface area contributed by atoms with Crippen molar-refractivity contribution >= 4 is 12.0 Å². The van der Waals surface area contributed by atoms with E-state index in [1.54, 1.807) is 0 Å². The average Bonchev–Trinajstić information content (AvgIpc) is 2.74. The Morgan fingerprint density at radius 2 is 2.24 bits per heavy atom. The first-order valence-electron chi connectivity index (χ1n) is 6.14. The summed E-state index contributed by atoms with van der Waals surface area (Å²) in [5, 5.41) is 0. The predicted octanol–water partition coefficient (Wildman–Crippen LogP) is 1.89. The van der Waals surface area contributed by atoms with Gasteiger partial charge in [-0.2, -0.15) is 0 Å². The summed E-state index contributed by atoms with van der Waals surface area (Å²) in [5.74, 6) is 0.713. The van der Waals surface area contributed by atoms with Gasteiger partial charge >= 0.3 is 0 Å². The SMILES string of the molecule is CN1CCC(CN(C)c2ccccc2C=O)C1. The molecule has 1 saturated heterocycles. The number of aldehydes is 1. The van der Waals surface area contributed by atoms with Crippen molar-refractivity contribution in [2.24, 2.45) is 5.92 Å².